The van der Waals surface area contributed by atoms with Crippen molar-refractivity contribution in [1.82, 2.24) is 9.55 Å². The van der Waals surface area contributed by atoms with E-state index in [2.05, 4.69) is 4.98 Å². The molecule has 0 saturated heterocycles. The summed E-state index contributed by atoms with van der Waals surface area (Å²) in [5, 5.41) is 0. The highest BCUT2D eigenvalue weighted by Gasteiger charge is 2.48. The maximum atomic E-state index is 14.9. The molecule has 1 amide bonds. The Morgan fingerprint density at radius 2 is 1.90 bits per heavy atom. The van der Waals surface area contributed by atoms with Crippen LogP contribution in [0.1, 0.15) is 18.5 Å². The molecule has 0 spiro atoms. The molecule has 0 radical (unpaired) electrons. The maximum absolute atomic E-state index is 14.9. The van der Waals surface area contributed by atoms with Crippen LogP contribution in [0, 0.1) is 11.7 Å². The fraction of sp³-hybridized carbons (Fsp3) is 0.318. The van der Waals surface area contributed by atoms with Gasteiger partial charge >= 0.3 is 5.97 Å². The number of hydrogen-bond acceptors (Lipinski definition) is 5. The number of hydrogen-bond donors (Lipinski definition) is 0. The lowest BCUT2D eigenvalue weighted by molar-refractivity contribution is -0.153. The van der Waals surface area contributed by atoms with Gasteiger partial charge in [0.1, 0.15) is 5.82 Å². The minimum Gasteiger partial charge on any atom is -0.465 e. The van der Waals surface area contributed by atoms with Crippen molar-refractivity contribution in [2.75, 3.05) is 31.8 Å². The number of ether oxygens (including phenoxy) is 2. The Labute approximate surface area is 173 Å². The van der Waals surface area contributed by atoms with E-state index >= 15 is 0 Å². The summed E-state index contributed by atoms with van der Waals surface area (Å²) in [6.45, 7) is 2.25. The van der Waals surface area contributed by atoms with Crippen LogP contribution in [0.5, 0.6) is 0 Å². The number of aromatic nitrogens is 2. The molecule has 0 bridgehead atoms. The van der Waals surface area contributed by atoms with Gasteiger partial charge in [-0.3, -0.25) is 14.5 Å². The quantitative estimate of drug-likeness (QED) is 0.461. The second-order valence-corrected chi connectivity index (χ2v) is 6.95. The van der Waals surface area contributed by atoms with Crippen LogP contribution in [0.4, 0.5) is 10.3 Å². The molecule has 156 valence electrons. The average molecular weight is 411 g/mol. The monoisotopic (exact) mass is 411 g/mol. The highest BCUT2D eigenvalue weighted by Crippen LogP contribution is 2.41. The van der Waals surface area contributed by atoms with E-state index in [9.17, 15) is 14.0 Å². The lowest BCUT2D eigenvalue weighted by Crippen LogP contribution is -2.51. The third kappa shape index (κ3) is 3.23. The van der Waals surface area contributed by atoms with Crippen molar-refractivity contribution in [2.45, 2.75) is 13.0 Å². The predicted octanol–water partition coefficient (Wildman–Crippen LogP) is 2.94. The predicted molar refractivity (Wildman–Crippen MR) is 109 cm³/mol. The molecule has 8 heteroatoms. The van der Waals surface area contributed by atoms with E-state index in [0.29, 0.717) is 17.0 Å². The number of halogens is 1. The zero-order chi connectivity index (χ0) is 21.3. The summed E-state index contributed by atoms with van der Waals surface area (Å²) in [5.41, 5.74) is 1.58. The fourth-order valence-corrected chi connectivity index (χ4v) is 3.94. The van der Waals surface area contributed by atoms with Gasteiger partial charge in [0.25, 0.3) is 0 Å². The summed E-state index contributed by atoms with van der Waals surface area (Å²) in [6, 6.07) is 12.6. The molecule has 2 heterocycles. The second kappa shape index (κ2) is 8.23. The van der Waals surface area contributed by atoms with Gasteiger partial charge in [-0.2, -0.15) is 0 Å². The topological polar surface area (TPSA) is 73.7 Å². The number of amides is 1. The number of rotatable bonds is 6. The Morgan fingerprint density at radius 1 is 1.17 bits per heavy atom. The van der Waals surface area contributed by atoms with Gasteiger partial charge in [-0.15, -0.1) is 0 Å². The van der Waals surface area contributed by atoms with Crippen molar-refractivity contribution in [1.29, 1.82) is 0 Å². The number of carbonyl (C=O) groups excluding carboxylic acids is 2. The summed E-state index contributed by atoms with van der Waals surface area (Å²) in [4.78, 5) is 32.4. The third-order valence-electron chi connectivity index (χ3n) is 5.23. The summed E-state index contributed by atoms with van der Waals surface area (Å²) in [7, 11) is 1.53. The Hall–Kier alpha value is -3.26. The van der Waals surface area contributed by atoms with Gasteiger partial charge < -0.3 is 14.0 Å². The molecule has 1 aliphatic heterocycles. The van der Waals surface area contributed by atoms with Gasteiger partial charge in [-0.1, -0.05) is 30.3 Å². The van der Waals surface area contributed by atoms with Gasteiger partial charge in [0.05, 0.1) is 36.8 Å². The van der Waals surface area contributed by atoms with Crippen molar-refractivity contribution in [2.24, 2.45) is 5.92 Å². The first-order valence-electron chi connectivity index (χ1n) is 9.76. The van der Waals surface area contributed by atoms with Gasteiger partial charge in [0, 0.05) is 12.7 Å². The van der Waals surface area contributed by atoms with Gasteiger partial charge in [-0.05, 0) is 25.1 Å². The average Bonchev–Trinajstić information content (AvgIpc) is 3.12. The van der Waals surface area contributed by atoms with E-state index in [0.717, 1.165) is 0 Å². The Morgan fingerprint density at radius 3 is 2.63 bits per heavy atom. The molecule has 1 aliphatic rings. The molecular formula is C22H22FN3O4. The molecule has 4 rings (SSSR count). The van der Waals surface area contributed by atoms with Crippen LogP contribution in [0.15, 0.2) is 48.5 Å². The van der Waals surface area contributed by atoms with Crippen molar-refractivity contribution in [3.05, 3.63) is 59.9 Å². The first-order valence-corrected chi connectivity index (χ1v) is 9.76. The van der Waals surface area contributed by atoms with Crippen molar-refractivity contribution < 1.29 is 23.5 Å². The van der Waals surface area contributed by atoms with Crippen LogP contribution in [0.3, 0.4) is 0 Å². The summed E-state index contributed by atoms with van der Waals surface area (Å²) in [6.07, 6.45) is 0. The Kier molecular flexibility index (Phi) is 5.50. The first kappa shape index (κ1) is 20.0. The number of anilines is 1. The van der Waals surface area contributed by atoms with Crippen LogP contribution in [-0.4, -0.2) is 48.3 Å². The molecule has 2 atom stereocenters. The second-order valence-electron chi connectivity index (χ2n) is 6.95. The lowest BCUT2D eigenvalue weighted by atomic mass is 9.89. The highest BCUT2D eigenvalue weighted by molar-refractivity contribution is 6.08. The van der Waals surface area contributed by atoms with Crippen LogP contribution < -0.4 is 4.90 Å². The van der Waals surface area contributed by atoms with Gasteiger partial charge in [0.2, 0.25) is 11.9 Å². The van der Waals surface area contributed by atoms with Crippen LogP contribution in [0.2, 0.25) is 0 Å². The zero-order valence-electron chi connectivity index (χ0n) is 16.7. The zero-order valence-corrected chi connectivity index (χ0v) is 16.7. The van der Waals surface area contributed by atoms with E-state index in [1.807, 2.05) is 24.3 Å². The van der Waals surface area contributed by atoms with E-state index in [4.69, 9.17) is 9.47 Å². The van der Waals surface area contributed by atoms with Crippen LogP contribution in [0.25, 0.3) is 11.0 Å². The standard InChI is InChI=1S/C22H22FN3O4/c1-3-30-21(28)18-19(14-8-4-5-9-15(14)23)26-17-11-7-6-10-16(17)24-22(26)25(20(18)27)12-13-29-2/h4-11,18-19H,3,12-13H2,1-2H3. The van der Waals surface area contributed by atoms with E-state index in [1.54, 1.807) is 29.7 Å². The molecule has 30 heavy (non-hydrogen) atoms. The number of nitrogens with zero attached hydrogens (tertiary/aromatic N) is 3. The number of fused-ring (bicyclic) bond motifs is 3. The highest BCUT2D eigenvalue weighted by atomic mass is 19.1. The van der Waals surface area contributed by atoms with Crippen molar-refractivity contribution >= 4 is 28.9 Å². The van der Waals surface area contributed by atoms with Crippen molar-refractivity contribution in [3.63, 3.8) is 0 Å². The molecule has 0 saturated carbocycles. The molecule has 1 aromatic heterocycles. The summed E-state index contributed by atoms with van der Waals surface area (Å²) in [5.74, 6) is -2.57. The minimum absolute atomic E-state index is 0.113. The lowest BCUT2D eigenvalue weighted by Gasteiger charge is -2.37. The number of para-hydroxylation sites is 2. The normalized spacial score (nSPS) is 18.5. The smallest absolute Gasteiger partial charge is 0.321 e. The fourth-order valence-electron chi connectivity index (χ4n) is 3.94. The van der Waals surface area contributed by atoms with Crippen LogP contribution in [-0.2, 0) is 19.1 Å². The molecule has 0 fully saturated rings. The molecular weight excluding hydrogens is 389 g/mol. The van der Waals surface area contributed by atoms with E-state index in [1.165, 1.54) is 18.1 Å². The van der Waals surface area contributed by atoms with E-state index < -0.39 is 29.7 Å². The number of imidazole rings is 1. The molecule has 7 nitrogen and oxygen atoms in total. The number of carbonyl (C=O) groups is 2. The molecule has 0 N–H and O–H groups in total. The number of benzene rings is 2. The third-order valence-corrected chi connectivity index (χ3v) is 5.23. The van der Waals surface area contributed by atoms with Gasteiger partial charge in [0.15, 0.2) is 5.92 Å². The number of esters is 1. The first-order chi connectivity index (χ1) is 14.6. The Bertz CT molecular complexity index is 1100. The molecule has 2 aromatic carbocycles. The molecule has 2 unspecified atom stereocenters. The Balaban J connectivity index is 2.00. The largest absolute Gasteiger partial charge is 0.465 e. The SMILES string of the molecule is CCOC(=O)C1C(=O)N(CCOC)c2nc3ccccc3n2C1c1ccccc1F. The van der Waals surface area contributed by atoms with Gasteiger partial charge in [-0.25, -0.2) is 9.37 Å². The van der Waals surface area contributed by atoms with E-state index in [-0.39, 0.29) is 25.3 Å². The maximum Gasteiger partial charge on any atom is 0.321 e. The molecule has 3 aromatic rings. The molecule has 0 aliphatic carbocycles. The minimum atomic E-state index is -1.25. The van der Waals surface area contributed by atoms with Crippen LogP contribution >= 0.6 is 0 Å². The van der Waals surface area contributed by atoms with Crippen molar-refractivity contribution in [3.8, 4) is 0 Å². The number of methoxy groups -OCH3 is 1. The summed E-state index contributed by atoms with van der Waals surface area (Å²) < 4.78 is 27.0. The summed E-state index contributed by atoms with van der Waals surface area (Å²) >= 11 is 0.